The van der Waals surface area contributed by atoms with Crippen molar-refractivity contribution in [2.75, 3.05) is 0 Å². The summed E-state index contributed by atoms with van der Waals surface area (Å²) in [6.45, 7) is 3.66. The van der Waals surface area contributed by atoms with Gasteiger partial charge in [0, 0.05) is 12.4 Å². The molecule has 0 spiro atoms. The molecule has 1 aromatic heterocycles. The lowest BCUT2D eigenvalue weighted by Gasteiger charge is -2.34. The predicted molar refractivity (Wildman–Crippen MR) is 49.8 cm³/mol. The van der Waals surface area contributed by atoms with Crippen LogP contribution in [0, 0.1) is 11.3 Å². The third kappa shape index (κ3) is 0.988. The molecule has 0 atom stereocenters. The topological polar surface area (TPSA) is 41.6 Å². The van der Waals surface area contributed by atoms with Gasteiger partial charge in [-0.3, -0.25) is 0 Å². The van der Waals surface area contributed by atoms with Crippen molar-refractivity contribution in [2.45, 2.75) is 24.7 Å². The van der Waals surface area contributed by atoms with Gasteiger partial charge in [0.15, 0.2) is 0 Å². The molecule has 0 amide bonds. The van der Waals surface area contributed by atoms with E-state index in [0.29, 0.717) is 0 Å². The van der Waals surface area contributed by atoms with Gasteiger partial charge in [-0.25, -0.2) is 4.68 Å². The summed E-state index contributed by atoms with van der Waals surface area (Å²) in [7, 11) is 0. The number of nitrogens with zero attached hydrogens (tertiary/aromatic N) is 3. The lowest BCUT2D eigenvalue weighted by molar-refractivity contribution is 0.311. The first-order valence-corrected chi connectivity index (χ1v) is 4.40. The molecule has 1 aromatic rings. The van der Waals surface area contributed by atoms with Crippen LogP contribution in [0.1, 0.15) is 25.0 Å². The van der Waals surface area contributed by atoms with Crippen LogP contribution in [0.3, 0.4) is 0 Å². The Morgan fingerprint density at radius 3 is 2.92 bits per heavy atom. The zero-order valence-corrected chi connectivity index (χ0v) is 7.40. The molecule has 3 heteroatoms. The van der Waals surface area contributed by atoms with Crippen molar-refractivity contribution in [2.24, 2.45) is 0 Å². The van der Waals surface area contributed by atoms with Gasteiger partial charge < -0.3 is 0 Å². The molecule has 1 saturated carbocycles. The first kappa shape index (κ1) is 8.06. The van der Waals surface area contributed by atoms with Crippen molar-refractivity contribution in [3.8, 4) is 6.07 Å². The predicted octanol–water partition coefficient (Wildman–Crippen LogP) is 1.93. The zero-order chi connectivity index (χ0) is 9.31. The number of nitriles is 1. The zero-order valence-electron chi connectivity index (χ0n) is 7.40. The molecular formula is C10H11N3. The lowest BCUT2D eigenvalue weighted by Crippen LogP contribution is -2.34. The van der Waals surface area contributed by atoms with Crippen LogP contribution in [-0.2, 0) is 5.41 Å². The first-order valence-electron chi connectivity index (χ1n) is 4.40. The summed E-state index contributed by atoms with van der Waals surface area (Å²) in [5.74, 6) is 0. The van der Waals surface area contributed by atoms with Crippen molar-refractivity contribution in [1.29, 1.82) is 5.26 Å². The van der Waals surface area contributed by atoms with E-state index in [1.807, 2.05) is 6.07 Å². The molecular weight excluding hydrogens is 162 g/mol. The largest absolute Gasteiger partial charge is 0.244 e. The summed E-state index contributed by atoms with van der Waals surface area (Å²) >= 11 is 0. The van der Waals surface area contributed by atoms with Gasteiger partial charge in [-0.2, -0.15) is 10.4 Å². The summed E-state index contributed by atoms with van der Waals surface area (Å²) in [5.41, 5.74) is 0.696. The van der Waals surface area contributed by atoms with Crippen LogP contribution in [0.15, 0.2) is 18.8 Å². The lowest BCUT2D eigenvalue weighted by atomic mass is 9.68. The summed E-state index contributed by atoms with van der Waals surface area (Å²) < 4.78 is 1.70. The summed E-state index contributed by atoms with van der Waals surface area (Å²) in [6, 6.07) is 4.29. The van der Waals surface area contributed by atoms with Gasteiger partial charge in [0.25, 0.3) is 0 Å². The second kappa shape index (κ2) is 2.74. The maximum Gasteiger partial charge on any atom is 0.0994 e. The molecule has 1 heterocycles. The Balaban J connectivity index is 2.45. The molecule has 1 aliphatic rings. The number of hydrogen-bond donors (Lipinski definition) is 0. The maximum atomic E-state index is 9.10. The van der Waals surface area contributed by atoms with Crippen LogP contribution in [0.5, 0.6) is 0 Å². The fourth-order valence-electron chi connectivity index (χ4n) is 1.79. The first-order chi connectivity index (χ1) is 6.32. The van der Waals surface area contributed by atoms with Crippen molar-refractivity contribution < 1.29 is 0 Å². The van der Waals surface area contributed by atoms with E-state index in [1.54, 1.807) is 17.1 Å². The molecule has 0 N–H and O–H groups in total. The van der Waals surface area contributed by atoms with E-state index >= 15 is 0 Å². The molecule has 0 saturated heterocycles. The molecule has 0 unspecified atom stereocenters. The van der Waals surface area contributed by atoms with E-state index in [4.69, 9.17) is 5.26 Å². The standard InChI is InChI=1S/C10H11N3/c1-2-13-9(4-7-12-13)10(8-11)5-3-6-10/h2,4,7H,1,3,5-6H2. The molecule has 2 rings (SSSR count). The Bertz CT molecular complexity index is 366. The second-order valence-corrected chi connectivity index (χ2v) is 3.39. The number of rotatable bonds is 2. The number of hydrogen-bond acceptors (Lipinski definition) is 2. The van der Waals surface area contributed by atoms with Gasteiger partial charge in [0.05, 0.1) is 17.2 Å². The van der Waals surface area contributed by atoms with E-state index in [9.17, 15) is 0 Å². The summed E-state index contributed by atoms with van der Waals surface area (Å²) in [6.07, 6.45) is 6.39. The highest BCUT2D eigenvalue weighted by Crippen LogP contribution is 2.42. The minimum atomic E-state index is -0.287. The summed E-state index contributed by atoms with van der Waals surface area (Å²) in [4.78, 5) is 0. The SMILES string of the molecule is C=Cn1nccc1C1(C#N)CCC1. The van der Waals surface area contributed by atoms with Gasteiger partial charge in [-0.05, 0) is 25.3 Å². The third-order valence-electron chi connectivity index (χ3n) is 2.75. The van der Waals surface area contributed by atoms with Gasteiger partial charge in [-0.1, -0.05) is 6.58 Å². The van der Waals surface area contributed by atoms with Crippen LogP contribution in [0.2, 0.25) is 0 Å². The highest BCUT2D eigenvalue weighted by molar-refractivity contribution is 5.34. The highest BCUT2D eigenvalue weighted by atomic mass is 15.3. The van der Waals surface area contributed by atoms with Crippen LogP contribution in [0.4, 0.5) is 0 Å². The Kier molecular flexibility index (Phi) is 1.70. The Hall–Kier alpha value is -1.56. The quantitative estimate of drug-likeness (QED) is 0.685. The molecule has 0 bridgehead atoms. The average Bonchev–Trinajstić information content (AvgIpc) is 2.52. The summed E-state index contributed by atoms with van der Waals surface area (Å²) in [5, 5.41) is 13.2. The number of aromatic nitrogens is 2. The van der Waals surface area contributed by atoms with Crippen molar-refractivity contribution in [3.05, 3.63) is 24.5 Å². The fraction of sp³-hybridized carbons (Fsp3) is 0.400. The fourth-order valence-corrected chi connectivity index (χ4v) is 1.79. The van der Waals surface area contributed by atoms with Crippen LogP contribution >= 0.6 is 0 Å². The maximum absolute atomic E-state index is 9.10. The minimum Gasteiger partial charge on any atom is -0.244 e. The van der Waals surface area contributed by atoms with Crippen LogP contribution in [0.25, 0.3) is 6.20 Å². The monoisotopic (exact) mass is 173 g/mol. The molecule has 66 valence electrons. The van der Waals surface area contributed by atoms with Gasteiger partial charge in [-0.15, -0.1) is 0 Å². The molecule has 13 heavy (non-hydrogen) atoms. The van der Waals surface area contributed by atoms with Gasteiger partial charge in [0.1, 0.15) is 0 Å². The van der Waals surface area contributed by atoms with Crippen molar-refractivity contribution >= 4 is 6.20 Å². The molecule has 0 aliphatic heterocycles. The van der Waals surface area contributed by atoms with E-state index in [2.05, 4.69) is 17.7 Å². The molecule has 0 aromatic carbocycles. The van der Waals surface area contributed by atoms with Gasteiger partial charge >= 0.3 is 0 Å². The van der Waals surface area contributed by atoms with Crippen LogP contribution in [-0.4, -0.2) is 9.78 Å². The van der Waals surface area contributed by atoms with E-state index in [1.165, 1.54) is 0 Å². The normalized spacial score (nSPS) is 18.7. The van der Waals surface area contributed by atoms with Crippen LogP contribution < -0.4 is 0 Å². The smallest absolute Gasteiger partial charge is 0.0994 e. The molecule has 3 nitrogen and oxygen atoms in total. The van der Waals surface area contributed by atoms with Crippen molar-refractivity contribution in [3.63, 3.8) is 0 Å². The van der Waals surface area contributed by atoms with E-state index in [0.717, 1.165) is 25.0 Å². The molecule has 1 fully saturated rings. The van der Waals surface area contributed by atoms with Gasteiger partial charge in [0.2, 0.25) is 0 Å². The van der Waals surface area contributed by atoms with E-state index < -0.39 is 0 Å². The minimum absolute atomic E-state index is 0.287. The van der Waals surface area contributed by atoms with E-state index in [-0.39, 0.29) is 5.41 Å². The molecule has 1 aliphatic carbocycles. The Labute approximate surface area is 77.3 Å². The Morgan fingerprint density at radius 1 is 1.69 bits per heavy atom. The Morgan fingerprint density at radius 2 is 2.46 bits per heavy atom. The van der Waals surface area contributed by atoms with Crippen molar-refractivity contribution in [1.82, 2.24) is 9.78 Å². The highest BCUT2D eigenvalue weighted by Gasteiger charge is 2.41. The third-order valence-corrected chi connectivity index (χ3v) is 2.75. The average molecular weight is 173 g/mol. The second-order valence-electron chi connectivity index (χ2n) is 3.39. The molecule has 0 radical (unpaired) electrons.